The van der Waals surface area contributed by atoms with E-state index in [9.17, 15) is 9.59 Å². The number of Topliss-reactive ketones (excluding diaryl/α,β-unsaturated/α-hetero) is 1. The molecule has 0 radical (unpaired) electrons. The first kappa shape index (κ1) is 14.2. The normalized spacial score (nSPS) is 33.2. The van der Waals surface area contributed by atoms with Crippen molar-refractivity contribution in [3.8, 4) is 0 Å². The number of rotatable bonds is 2. The van der Waals surface area contributed by atoms with Gasteiger partial charge in [0.1, 0.15) is 11.6 Å². The number of aromatic nitrogens is 1. The number of pyridine rings is 1. The van der Waals surface area contributed by atoms with Gasteiger partial charge in [0.2, 0.25) is 5.91 Å². The number of hydrogen-bond donors (Lipinski definition) is 1. The van der Waals surface area contributed by atoms with Crippen molar-refractivity contribution in [3.05, 3.63) is 23.9 Å². The third-order valence-corrected chi connectivity index (χ3v) is 6.27. The van der Waals surface area contributed by atoms with E-state index < -0.39 is 5.41 Å². The second-order valence-electron chi connectivity index (χ2n) is 7.26. The lowest BCUT2D eigenvalue weighted by atomic mass is 9.64. The first-order valence-electron chi connectivity index (χ1n) is 7.51. The van der Waals surface area contributed by atoms with Crippen LogP contribution >= 0.6 is 0 Å². The third-order valence-electron chi connectivity index (χ3n) is 6.27. The molecule has 2 atom stereocenters. The third kappa shape index (κ3) is 1.65. The summed E-state index contributed by atoms with van der Waals surface area (Å²) in [5.74, 6) is 0.740. The number of amides is 1. The summed E-state index contributed by atoms with van der Waals surface area (Å²) in [7, 11) is 0. The molecule has 0 saturated heterocycles. The summed E-state index contributed by atoms with van der Waals surface area (Å²) in [6.07, 6.45) is 1.93. The summed E-state index contributed by atoms with van der Waals surface area (Å²) in [6.45, 7) is 8.04. The van der Waals surface area contributed by atoms with Crippen LogP contribution in [0.4, 0.5) is 5.82 Å². The fourth-order valence-electron chi connectivity index (χ4n) is 4.21. The Kier molecular flexibility index (Phi) is 2.81. The largest absolute Gasteiger partial charge is 0.310 e. The van der Waals surface area contributed by atoms with E-state index >= 15 is 0 Å². The molecule has 3 rings (SSSR count). The number of anilines is 1. The molecule has 1 aromatic rings. The molecule has 4 nitrogen and oxygen atoms in total. The maximum Gasteiger partial charge on any atom is 0.232 e. The van der Waals surface area contributed by atoms with Crippen LogP contribution in [0.3, 0.4) is 0 Å². The van der Waals surface area contributed by atoms with Crippen molar-refractivity contribution >= 4 is 17.5 Å². The van der Waals surface area contributed by atoms with Crippen molar-refractivity contribution in [2.45, 2.75) is 47.0 Å². The van der Waals surface area contributed by atoms with Crippen LogP contribution in [-0.4, -0.2) is 16.7 Å². The van der Waals surface area contributed by atoms with Crippen LogP contribution in [0.5, 0.6) is 0 Å². The Labute approximate surface area is 125 Å². The highest BCUT2D eigenvalue weighted by atomic mass is 16.2. The van der Waals surface area contributed by atoms with E-state index in [0.717, 1.165) is 18.5 Å². The summed E-state index contributed by atoms with van der Waals surface area (Å²) in [4.78, 5) is 29.6. The van der Waals surface area contributed by atoms with Crippen LogP contribution in [0, 0.1) is 23.2 Å². The van der Waals surface area contributed by atoms with E-state index in [0.29, 0.717) is 12.2 Å². The van der Waals surface area contributed by atoms with Crippen molar-refractivity contribution < 1.29 is 9.59 Å². The zero-order chi connectivity index (χ0) is 15.5. The molecule has 2 bridgehead atoms. The number of nitrogens with zero attached hydrogens (tertiary/aromatic N) is 1. The van der Waals surface area contributed by atoms with Crippen molar-refractivity contribution in [1.82, 2.24) is 4.98 Å². The van der Waals surface area contributed by atoms with E-state index in [1.165, 1.54) is 0 Å². The fourth-order valence-corrected chi connectivity index (χ4v) is 4.21. The fraction of sp³-hybridized carbons (Fsp3) is 0.588. The van der Waals surface area contributed by atoms with Crippen LogP contribution in [0.15, 0.2) is 18.2 Å². The average molecular weight is 286 g/mol. The monoisotopic (exact) mass is 286 g/mol. The van der Waals surface area contributed by atoms with Crippen LogP contribution in [-0.2, 0) is 9.59 Å². The molecule has 112 valence electrons. The smallest absolute Gasteiger partial charge is 0.232 e. The van der Waals surface area contributed by atoms with Crippen molar-refractivity contribution in [1.29, 1.82) is 0 Å². The van der Waals surface area contributed by atoms with E-state index in [-0.39, 0.29) is 22.5 Å². The second kappa shape index (κ2) is 4.15. The van der Waals surface area contributed by atoms with Crippen LogP contribution in [0.2, 0.25) is 0 Å². The number of fused-ring (bicyclic) bond motifs is 2. The second-order valence-corrected chi connectivity index (χ2v) is 7.26. The molecule has 1 aromatic heterocycles. The predicted octanol–water partition coefficient (Wildman–Crippen LogP) is 3.11. The molecule has 2 aliphatic rings. The van der Waals surface area contributed by atoms with Gasteiger partial charge in [-0.05, 0) is 37.3 Å². The van der Waals surface area contributed by atoms with E-state index in [1.54, 1.807) is 6.07 Å². The Morgan fingerprint density at radius 2 is 1.95 bits per heavy atom. The molecule has 0 aromatic carbocycles. The van der Waals surface area contributed by atoms with Crippen LogP contribution < -0.4 is 5.32 Å². The number of carbonyl (C=O) groups is 2. The maximum atomic E-state index is 12.9. The minimum atomic E-state index is -0.593. The van der Waals surface area contributed by atoms with Crippen LogP contribution in [0.25, 0.3) is 0 Å². The van der Waals surface area contributed by atoms with Crippen molar-refractivity contribution in [2.24, 2.45) is 16.2 Å². The van der Waals surface area contributed by atoms with Gasteiger partial charge < -0.3 is 5.32 Å². The van der Waals surface area contributed by atoms with Gasteiger partial charge in [0.25, 0.3) is 0 Å². The highest BCUT2D eigenvalue weighted by Gasteiger charge is 2.72. The topological polar surface area (TPSA) is 59.1 Å². The molecule has 1 amide bonds. The molecule has 21 heavy (non-hydrogen) atoms. The van der Waals surface area contributed by atoms with E-state index in [1.807, 2.05) is 26.0 Å². The Morgan fingerprint density at radius 1 is 1.24 bits per heavy atom. The molecule has 4 heteroatoms. The van der Waals surface area contributed by atoms with Gasteiger partial charge in [0, 0.05) is 17.5 Å². The number of hydrogen-bond acceptors (Lipinski definition) is 3. The minimum Gasteiger partial charge on any atom is -0.310 e. The lowest BCUT2D eigenvalue weighted by Crippen LogP contribution is -2.43. The number of aryl methyl sites for hydroxylation is 1. The molecular weight excluding hydrogens is 264 g/mol. The highest BCUT2D eigenvalue weighted by molar-refractivity contribution is 6.04. The number of ketones is 1. The molecule has 2 saturated carbocycles. The van der Waals surface area contributed by atoms with Gasteiger partial charge >= 0.3 is 0 Å². The van der Waals surface area contributed by atoms with Gasteiger partial charge in [-0.15, -0.1) is 0 Å². The van der Waals surface area contributed by atoms with Gasteiger partial charge in [0.15, 0.2) is 0 Å². The SMILES string of the molecule is Cc1cccc(NC(=O)[C@@]23CC[C@](C)(C(=O)C2)C3(C)C)n1. The Bertz CT molecular complexity index is 637. The highest BCUT2D eigenvalue weighted by Crippen LogP contribution is 2.70. The maximum absolute atomic E-state index is 12.9. The zero-order valence-electron chi connectivity index (χ0n) is 13.1. The lowest BCUT2D eigenvalue weighted by Gasteiger charge is -2.38. The minimum absolute atomic E-state index is 0.0554. The summed E-state index contributed by atoms with van der Waals surface area (Å²) in [6, 6.07) is 5.56. The summed E-state index contributed by atoms with van der Waals surface area (Å²) < 4.78 is 0. The molecule has 1 N–H and O–H groups in total. The zero-order valence-corrected chi connectivity index (χ0v) is 13.1. The quantitative estimate of drug-likeness (QED) is 0.908. The van der Waals surface area contributed by atoms with Gasteiger partial charge in [-0.1, -0.05) is 26.8 Å². The molecule has 1 heterocycles. The van der Waals surface area contributed by atoms with Gasteiger partial charge in [0.05, 0.1) is 5.41 Å². The molecular formula is C17H22N2O2. The van der Waals surface area contributed by atoms with Crippen molar-refractivity contribution in [3.63, 3.8) is 0 Å². The van der Waals surface area contributed by atoms with E-state index in [2.05, 4.69) is 24.1 Å². The molecule has 0 spiro atoms. The van der Waals surface area contributed by atoms with Gasteiger partial charge in [-0.25, -0.2) is 4.98 Å². The van der Waals surface area contributed by atoms with Crippen molar-refractivity contribution in [2.75, 3.05) is 5.32 Å². The molecule has 0 aliphatic heterocycles. The first-order valence-corrected chi connectivity index (χ1v) is 7.51. The average Bonchev–Trinajstić information content (AvgIpc) is 2.69. The number of nitrogens with one attached hydrogen (secondary N) is 1. The van der Waals surface area contributed by atoms with Crippen LogP contribution in [0.1, 0.15) is 45.7 Å². The Balaban J connectivity index is 1.93. The van der Waals surface area contributed by atoms with Gasteiger partial charge in [-0.3, -0.25) is 9.59 Å². The Hall–Kier alpha value is -1.71. The van der Waals surface area contributed by atoms with Gasteiger partial charge in [-0.2, -0.15) is 0 Å². The molecule has 2 fully saturated rings. The predicted molar refractivity (Wildman–Crippen MR) is 80.8 cm³/mol. The molecule has 0 unspecified atom stereocenters. The standard InChI is InChI=1S/C17H22N2O2/c1-11-6-5-7-13(18-11)19-14(21)17-9-8-16(4,12(20)10-17)15(17,2)3/h5-7H,8-10H2,1-4H3,(H,18,19,21)/t16-,17-/m1/s1. The summed E-state index contributed by atoms with van der Waals surface area (Å²) in [5.41, 5.74) is -0.414. The number of carbonyl (C=O) groups excluding carboxylic acids is 2. The summed E-state index contributed by atoms with van der Waals surface area (Å²) >= 11 is 0. The van der Waals surface area contributed by atoms with E-state index in [4.69, 9.17) is 0 Å². The Morgan fingerprint density at radius 3 is 2.48 bits per heavy atom. The lowest BCUT2D eigenvalue weighted by molar-refractivity contribution is -0.131. The summed E-state index contributed by atoms with van der Waals surface area (Å²) in [5, 5.41) is 2.93. The molecule has 2 aliphatic carbocycles. The first-order chi connectivity index (χ1) is 9.73.